The average Bonchev–Trinajstić information content (AvgIpc) is 3.10. The molecule has 25 heavy (non-hydrogen) atoms. The van der Waals surface area contributed by atoms with Crippen LogP contribution in [0.4, 0.5) is 10.5 Å². The molecule has 1 saturated heterocycles. The lowest BCUT2D eigenvalue weighted by atomic mass is 10.2. The van der Waals surface area contributed by atoms with E-state index in [0.29, 0.717) is 33.7 Å². The van der Waals surface area contributed by atoms with Crippen molar-refractivity contribution in [2.24, 2.45) is 4.99 Å². The number of nitrogens with one attached hydrogen (secondary N) is 1. The Bertz CT molecular complexity index is 844. The third-order valence-electron chi connectivity index (χ3n) is 3.60. The topological polar surface area (TPSA) is 86.0 Å². The highest BCUT2D eigenvalue weighted by Crippen LogP contribution is 2.32. The van der Waals surface area contributed by atoms with Gasteiger partial charge in [-0.15, -0.1) is 0 Å². The summed E-state index contributed by atoms with van der Waals surface area (Å²) in [5.74, 6) is 2.39. The molecule has 1 aromatic heterocycles. The zero-order valence-electron chi connectivity index (χ0n) is 14.2. The average molecular weight is 359 g/mol. The van der Waals surface area contributed by atoms with Crippen LogP contribution in [0.25, 0.3) is 6.08 Å². The van der Waals surface area contributed by atoms with Gasteiger partial charge >= 0.3 is 0 Å². The number of carbonyl (C=O) groups excluding carboxylic acids is 1. The molecule has 8 heteroatoms. The number of hydrogen-bond acceptors (Lipinski definition) is 7. The lowest BCUT2D eigenvalue weighted by Gasteiger charge is -2.06. The molecule has 1 amide bonds. The van der Waals surface area contributed by atoms with E-state index in [2.05, 4.69) is 15.5 Å². The van der Waals surface area contributed by atoms with Gasteiger partial charge in [-0.05, 0) is 31.7 Å². The number of amidine groups is 1. The van der Waals surface area contributed by atoms with E-state index in [1.807, 2.05) is 19.9 Å². The van der Waals surface area contributed by atoms with Crippen LogP contribution in [0.2, 0.25) is 0 Å². The number of carbonyl (C=O) groups is 1. The number of benzene rings is 1. The minimum atomic E-state index is -0.188. The van der Waals surface area contributed by atoms with E-state index in [4.69, 9.17) is 14.0 Å². The normalized spacial score (nSPS) is 17.2. The SMILES string of the molecule is COc1cc(N=C2NC(=O)S/C2=C\c2c(C)noc2C)cc(OC)c1. The summed E-state index contributed by atoms with van der Waals surface area (Å²) in [5, 5.41) is 6.49. The maximum Gasteiger partial charge on any atom is 0.289 e. The number of aromatic nitrogens is 1. The summed E-state index contributed by atoms with van der Waals surface area (Å²) in [5.41, 5.74) is 2.21. The van der Waals surface area contributed by atoms with E-state index in [9.17, 15) is 4.79 Å². The van der Waals surface area contributed by atoms with Crippen molar-refractivity contribution in [3.63, 3.8) is 0 Å². The molecule has 0 radical (unpaired) electrons. The number of ether oxygens (including phenoxy) is 2. The van der Waals surface area contributed by atoms with Gasteiger partial charge in [0.2, 0.25) is 0 Å². The third-order valence-corrected chi connectivity index (χ3v) is 4.42. The zero-order valence-corrected chi connectivity index (χ0v) is 15.1. The molecule has 0 spiro atoms. The van der Waals surface area contributed by atoms with Crippen molar-refractivity contribution in [2.45, 2.75) is 13.8 Å². The van der Waals surface area contributed by atoms with Crippen molar-refractivity contribution in [3.8, 4) is 11.5 Å². The number of rotatable bonds is 4. The second-order valence-corrected chi connectivity index (χ2v) is 6.31. The minimum Gasteiger partial charge on any atom is -0.497 e. The minimum absolute atomic E-state index is 0.188. The van der Waals surface area contributed by atoms with Gasteiger partial charge in [0.15, 0.2) is 0 Å². The van der Waals surface area contributed by atoms with Crippen LogP contribution in [0.5, 0.6) is 11.5 Å². The van der Waals surface area contributed by atoms with Crippen molar-refractivity contribution < 1.29 is 18.8 Å². The second kappa shape index (κ2) is 7.02. The van der Waals surface area contributed by atoms with Gasteiger partial charge in [0.1, 0.15) is 23.1 Å². The predicted molar refractivity (Wildman–Crippen MR) is 96.7 cm³/mol. The number of aliphatic imine (C=N–C) groups is 1. The molecular weight excluding hydrogens is 342 g/mol. The largest absolute Gasteiger partial charge is 0.497 e. The van der Waals surface area contributed by atoms with Gasteiger partial charge in [0.25, 0.3) is 5.24 Å². The summed E-state index contributed by atoms with van der Waals surface area (Å²) in [6, 6.07) is 5.28. The molecule has 1 aliphatic rings. The molecule has 1 fully saturated rings. The lowest BCUT2D eigenvalue weighted by Crippen LogP contribution is -2.18. The van der Waals surface area contributed by atoms with Crippen molar-refractivity contribution in [1.82, 2.24) is 10.5 Å². The van der Waals surface area contributed by atoms with Gasteiger partial charge in [-0.2, -0.15) is 0 Å². The summed E-state index contributed by atoms with van der Waals surface area (Å²) in [4.78, 5) is 17.1. The Hall–Kier alpha value is -2.74. The van der Waals surface area contributed by atoms with Crippen LogP contribution >= 0.6 is 11.8 Å². The fourth-order valence-corrected chi connectivity index (χ4v) is 3.04. The number of nitrogens with zero attached hydrogens (tertiary/aromatic N) is 2. The quantitative estimate of drug-likeness (QED) is 0.893. The molecule has 0 aliphatic carbocycles. The first-order valence-corrected chi connectivity index (χ1v) is 8.27. The van der Waals surface area contributed by atoms with Crippen LogP contribution in [-0.2, 0) is 0 Å². The zero-order chi connectivity index (χ0) is 18.0. The monoisotopic (exact) mass is 359 g/mol. The molecule has 1 N–H and O–H groups in total. The fraction of sp³-hybridized carbons (Fsp3) is 0.235. The van der Waals surface area contributed by atoms with Gasteiger partial charge in [-0.25, -0.2) is 4.99 Å². The van der Waals surface area contributed by atoms with Crippen molar-refractivity contribution >= 4 is 34.6 Å². The molecule has 0 bridgehead atoms. The Morgan fingerprint density at radius 3 is 2.44 bits per heavy atom. The lowest BCUT2D eigenvalue weighted by molar-refractivity contribution is 0.265. The molecule has 0 unspecified atom stereocenters. The molecule has 3 rings (SSSR count). The van der Waals surface area contributed by atoms with Crippen molar-refractivity contribution in [1.29, 1.82) is 0 Å². The van der Waals surface area contributed by atoms with Crippen LogP contribution in [0.1, 0.15) is 17.0 Å². The number of methoxy groups -OCH3 is 2. The van der Waals surface area contributed by atoms with Gasteiger partial charge in [0, 0.05) is 23.8 Å². The van der Waals surface area contributed by atoms with Crippen LogP contribution in [0.15, 0.2) is 32.6 Å². The van der Waals surface area contributed by atoms with E-state index in [-0.39, 0.29) is 5.24 Å². The van der Waals surface area contributed by atoms with E-state index in [0.717, 1.165) is 23.0 Å². The summed E-state index contributed by atoms with van der Waals surface area (Å²) in [7, 11) is 3.14. The van der Waals surface area contributed by atoms with E-state index >= 15 is 0 Å². The first-order chi connectivity index (χ1) is 12.0. The summed E-state index contributed by atoms with van der Waals surface area (Å²) in [6.45, 7) is 3.67. The fourth-order valence-electron chi connectivity index (χ4n) is 2.33. The van der Waals surface area contributed by atoms with Gasteiger partial charge < -0.3 is 19.3 Å². The Balaban J connectivity index is 2.02. The number of thioether (sulfide) groups is 1. The van der Waals surface area contributed by atoms with Crippen molar-refractivity contribution in [2.75, 3.05) is 14.2 Å². The van der Waals surface area contributed by atoms with E-state index in [1.165, 1.54) is 0 Å². The van der Waals surface area contributed by atoms with Gasteiger partial charge in [-0.1, -0.05) is 5.16 Å². The molecule has 1 aliphatic heterocycles. The second-order valence-electron chi connectivity index (χ2n) is 5.29. The van der Waals surface area contributed by atoms with Crippen LogP contribution < -0.4 is 14.8 Å². The maximum atomic E-state index is 11.8. The summed E-state index contributed by atoms with van der Waals surface area (Å²) in [6.07, 6.45) is 1.85. The van der Waals surface area contributed by atoms with Gasteiger partial charge in [-0.3, -0.25) is 4.79 Å². The standard InChI is InChI=1S/C17H17N3O4S/c1-9-14(10(2)24-20-9)8-15-16(19-17(21)25-15)18-11-5-12(22-3)7-13(6-11)23-4/h5-8H,1-4H3,(H,18,19,21)/b15-8-. The van der Waals surface area contributed by atoms with Crippen LogP contribution in [0.3, 0.4) is 0 Å². The maximum absolute atomic E-state index is 11.8. The molecule has 130 valence electrons. The van der Waals surface area contributed by atoms with E-state index in [1.54, 1.807) is 32.4 Å². The highest BCUT2D eigenvalue weighted by molar-refractivity contribution is 8.18. The van der Waals surface area contributed by atoms with Crippen LogP contribution in [-0.4, -0.2) is 30.5 Å². The Kier molecular flexibility index (Phi) is 4.80. The summed E-state index contributed by atoms with van der Waals surface area (Å²) >= 11 is 1.08. The van der Waals surface area contributed by atoms with Crippen LogP contribution in [0, 0.1) is 13.8 Å². The predicted octanol–water partition coefficient (Wildman–Crippen LogP) is 3.84. The highest BCUT2D eigenvalue weighted by atomic mass is 32.2. The Morgan fingerprint density at radius 2 is 1.88 bits per heavy atom. The first-order valence-electron chi connectivity index (χ1n) is 7.45. The van der Waals surface area contributed by atoms with Gasteiger partial charge in [0.05, 0.1) is 30.5 Å². The molecule has 1 aromatic carbocycles. The molecule has 0 saturated carbocycles. The number of aryl methyl sites for hydroxylation is 2. The molecule has 2 heterocycles. The van der Waals surface area contributed by atoms with E-state index < -0.39 is 0 Å². The highest BCUT2D eigenvalue weighted by Gasteiger charge is 2.25. The Labute approximate surface area is 149 Å². The van der Waals surface area contributed by atoms with Crippen molar-refractivity contribution in [3.05, 3.63) is 40.1 Å². The number of amides is 1. The molecule has 0 atom stereocenters. The molecule has 2 aromatic rings. The molecular formula is C17H17N3O4S. The molecule has 7 nitrogen and oxygen atoms in total. The third kappa shape index (κ3) is 3.69. The first kappa shape index (κ1) is 17.1. The summed E-state index contributed by atoms with van der Waals surface area (Å²) < 4.78 is 15.7. The smallest absolute Gasteiger partial charge is 0.289 e. The Morgan fingerprint density at radius 1 is 1.20 bits per heavy atom. The number of hydrogen-bond donors (Lipinski definition) is 1.